The first-order chi connectivity index (χ1) is 10.9. The van der Waals surface area contributed by atoms with Crippen molar-refractivity contribution in [2.75, 3.05) is 6.54 Å². The summed E-state index contributed by atoms with van der Waals surface area (Å²) in [6.45, 7) is 1.93. The Kier molecular flexibility index (Phi) is 6.58. The van der Waals surface area contributed by atoms with E-state index < -0.39 is 16.1 Å². The highest BCUT2D eigenvalue weighted by molar-refractivity contribution is 7.91. The van der Waals surface area contributed by atoms with Crippen molar-refractivity contribution >= 4 is 27.3 Å². The predicted octanol–water partition coefficient (Wildman–Crippen LogP) is 1.44. The first-order valence-electron chi connectivity index (χ1n) is 8.00. The topological polar surface area (TPSA) is 101 Å². The van der Waals surface area contributed by atoms with Gasteiger partial charge in [-0.2, -0.15) is 4.72 Å². The van der Waals surface area contributed by atoms with Crippen LogP contribution >= 0.6 is 11.3 Å². The molecule has 2 unspecified atom stereocenters. The van der Waals surface area contributed by atoms with Crippen LogP contribution in [0.1, 0.15) is 39.0 Å². The summed E-state index contributed by atoms with van der Waals surface area (Å²) in [5.74, 6) is 0.0601. The quantitative estimate of drug-likeness (QED) is 0.685. The lowest BCUT2D eigenvalue weighted by atomic mass is 9.84. The number of nitrogens with two attached hydrogens (primary N) is 1. The van der Waals surface area contributed by atoms with E-state index in [1.165, 1.54) is 12.5 Å². The molecule has 1 saturated carbocycles. The highest BCUT2D eigenvalue weighted by Crippen LogP contribution is 2.26. The predicted molar refractivity (Wildman–Crippen MR) is 91.7 cm³/mol. The number of carbonyl (C=O) groups is 1. The lowest BCUT2D eigenvalue weighted by molar-refractivity contribution is -0.123. The average molecular weight is 360 g/mol. The molecule has 1 heterocycles. The molecule has 0 saturated heterocycles. The molecule has 0 bridgehead atoms. The molecule has 130 valence electrons. The fourth-order valence-electron chi connectivity index (χ4n) is 2.97. The molecule has 8 heteroatoms. The minimum absolute atomic E-state index is 0.0866. The second kappa shape index (κ2) is 8.23. The molecule has 23 heavy (non-hydrogen) atoms. The second-order valence-electron chi connectivity index (χ2n) is 6.02. The van der Waals surface area contributed by atoms with Crippen LogP contribution in [0.5, 0.6) is 0 Å². The third kappa shape index (κ3) is 5.00. The first-order valence-corrected chi connectivity index (χ1v) is 10.4. The molecule has 1 amide bonds. The Balaban J connectivity index is 1.93. The Morgan fingerprint density at radius 1 is 1.39 bits per heavy atom. The molecule has 2 atom stereocenters. The molecule has 0 aliphatic heterocycles. The van der Waals surface area contributed by atoms with Gasteiger partial charge in [0, 0.05) is 12.6 Å². The fraction of sp³-hybridized carbons (Fsp3) is 0.667. The maximum absolute atomic E-state index is 12.3. The molecule has 0 radical (unpaired) electrons. The Bertz CT molecular complexity index is 595. The first kappa shape index (κ1) is 18.4. The van der Waals surface area contributed by atoms with Gasteiger partial charge in [-0.15, -0.1) is 11.3 Å². The van der Waals surface area contributed by atoms with E-state index in [1.54, 1.807) is 18.4 Å². The van der Waals surface area contributed by atoms with Gasteiger partial charge in [0.05, 0.1) is 6.04 Å². The van der Waals surface area contributed by atoms with Crippen LogP contribution < -0.4 is 15.8 Å². The summed E-state index contributed by atoms with van der Waals surface area (Å²) in [5.41, 5.74) is 5.80. The molecular weight excluding hydrogens is 334 g/mol. The van der Waals surface area contributed by atoms with Gasteiger partial charge in [0.2, 0.25) is 5.91 Å². The minimum Gasteiger partial charge on any atom is -0.350 e. The van der Waals surface area contributed by atoms with Crippen LogP contribution in [0.4, 0.5) is 0 Å². The summed E-state index contributed by atoms with van der Waals surface area (Å²) in [4.78, 5) is 12.3. The SMILES string of the molecule is CC(NS(=O)(=O)c1cccs1)C(=O)NC(CN)C1CCCCC1. The van der Waals surface area contributed by atoms with E-state index in [4.69, 9.17) is 5.73 Å². The third-order valence-electron chi connectivity index (χ3n) is 4.29. The number of hydrogen-bond acceptors (Lipinski definition) is 5. The summed E-state index contributed by atoms with van der Waals surface area (Å²) < 4.78 is 26.9. The summed E-state index contributed by atoms with van der Waals surface area (Å²) in [7, 11) is -3.65. The molecule has 0 spiro atoms. The largest absolute Gasteiger partial charge is 0.350 e. The summed E-state index contributed by atoms with van der Waals surface area (Å²) in [6.07, 6.45) is 5.70. The van der Waals surface area contributed by atoms with E-state index in [2.05, 4.69) is 10.0 Å². The second-order valence-corrected chi connectivity index (χ2v) is 8.91. The molecule has 1 aliphatic rings. The van der Waals surface area contributed by atoms with Gasteiger partial charge in [-0.1, -0.05) is 25.3 Å². The van der Waals surface area contributed by atoms with Gasteiger partial charge >= 0.3 is 0 Å². The zero-order chi connectivity index (χ0) is 16.9. The van der Waals surface area contributed by atoms with E-state index in [9.17, 15) is 13.2 Å². The van der Waals surface area contributed by atoms with E-state index in [1.807, 2.05) is 0 Å². The van der Waals surface area contributed by atoms with Gasteiger partial charge in [-0.05, 0) is 37.1 Å². The van der Waals surface area contributed by atoms with Gasteiger partial charge < -0.3 is 11.1 Å². The molecule has 0 aromatic carbocycles. The molecule has 2 rings (SSSR count). The molecule has 1 aromatic rings. The Labute approximate surface area is 141 Å². The van der Waals surface area contributed by atoms with Crippen molar-refractivity contribution in [2.45, 2.75) is 55.3 Å². The normalized spacial score (nSPS) is 19.2. The number of carbonyl (C=O) groups excluding carboxylic acids is 1. The van der Waals surface area contributed by atoms with Crippen molar-refractivity contribution in [3.63, 3.8) is 0 Å². The fourth-order valence-corrected chi connectivity index (χ4v) is 5.19. The lowest BCUT2D eigenvalue weighted by Gasteiger charge is -2.30. The van der Waals surface area contributed by atoms with E-state index >= 15 is 0 Å². The standard InChI is InChI=1S/C15H25N3O3S2/c1-11(18-23(20,21)14-8-5-9-22-14)15(19)17-13(10-16)12-6-3-2-4-7-12/h5,8-9,11-13,18H,2-4,6-7,10,16H2,1H3,(H,17,19). The molecular formula is C15H25N3O3S2. The van der Waals surface area contributed by atoms with Crippen molar-refractivity contribution in [3.8, 4) is 0 Å². The van der Waals surface area contributed by atoms with Crippen molar-refractivity contribution in [1.82, 2.24) is 10.0 Å². The molecule has 4 N–H and O–H groups in total. The number of amides is 1. The van der Waals surface area contributed by atoms with Gasteiger partial charge in [0.15, 0.2) is 0 Å². The number of rotatable bonds is 7. The van der Waals surface area contributed by atoms with Crippen molar-refractivity contribution in [2.24, 2.45) is 11.7 Å². The van der Waals surface area contributed by atoms with Crippen molar-refractivity contribution in [3.05, 3.63) is 17.5 Å². The Morgan fingerprint density at radius 2 is 2.09 bits per heavy atom. The van der Waals surface area contributed by atoms with E-state index in [0.29, 0.717) is 12.5 Å². The number of thiophene rings is 1. The molecule has 6 nitrogen and oxygen atoms in total. The van der Waals surface area contributed by atoms with Gasteiger partial charge in [0.25, 0.3) is 10.0 Å². The van der Waals surface area contributed by atoms with Gasteiger partial charge in [-0.3, -0.25) is 4.79 Å². The van der Waals surface area contributed by atoms with Crippen LogP contribution in [-0.2, 0) is 14.8 Å². The molecule has 1 fully saturated rings. The summed E-state index contributed by atoms with van der Waals surface area (Å²) >= 11 is 1.12. The smallest absolute Gasteiger partial charge is 0.250 e. The number of sulfonamides is 1. The van der Waals surface area contributed by atoms with E-state index in [0.717, 1.165) is 37.0 Å². The van der Waals surface area contributed by atoms with Gasteiger partial charge in [0.1, 0.15) is 4.21 Å². The zero-order valence-corrected chi connectivity index (χ0v) is 15.0. The van der Waals surface area contributed by atoms with Crippen LogP contribution in [0.3, 0.4) is 0 Å². The van der Waals surface area contributed by atoms with Crippen LogP contribution in [0.25, 0.3) is 0 Å². The van der Waals surface area contributed by atoms with E-state index in [-0.39, 0.29) is 16.2 Å². The maximum atomic E-state index is 12.3. The highest BCUT2D eigenvalue weighted by Gasteiger charge is 2.28. The third-order valence-corrected chi connectivity index (χ3v) is 7.22. The van der Waals surface area contributed by atoms with Gasteiger partial charge in [-0.25, -0.2) is 8.42 Å². The molecule has 1 aromatic heterocycles. The number of hydrogen-bond donors (Lipinski definition) is 3. The van der Waals surface area contributed by atoms with Crippen LogP contribution in [0, 0.1) is 5.92 Å². The van der Waals surface area contributed by atoms with Crippen LogP contribution in [0.2, 0.25) is 0 Å². The Hall–Kier alpha value is -0.960. The summed E-state index contributed by atoms with van der Waals surface area (Å²) in [5, 5.41) is 4.60. The Morgan fingerprint density at radius 3 is 2.65 bits per heavy atom. The van der Waals surface area contributed by atoms with Crippen LogP contribution in [-0.4, -0.2) is 33.0 Å². The zero-order valence-electron chi connectivity index (χ0n) is 13.3. The van der Waals surface area contributed by atoms with Crippen molar-refractivity contribution in [1.29, 1.82) is 0 Å². The maximum Gasteiger partial charge on any atom is 0.250 e. The van der Waals surface area contributed by atoms with Crippen LogP contribution in [0.15, 0.2) is 21.7 Å². The highest BCUT2D eigenvalue weighted by atomic mass is 32.2. The number of nitrogens with one attached hydrogen (secondary N) is 2. The monoisotopic (exact) mass is 359 g/mol. The lowest BCUT2D eigenvalue weighted by Crippen LogP contribution is -2.52. The minimum atomic E-state index is -3.65. The summed E-state index contributed by atoms with van der Waals surface area (Å²) in [6, 6.07) is 2.26. The average Bonchev–Trinajstić information content (AvgIpc) is 3.08. The molecule has 1 aliphatic carbocycles. The van der Waals surface area contributed by atoms with Crippen molar-refractivity contribution < 1.29 is 13.2 Å².